The maximum Gasteiger partial charge on any atom is 0.241 e. The Morgan fingerprint density at radius 2 is 1.71 bits per heavy atom. The van der Waals surface area contributed by atoms with Crippen molar-refractivity contribution < 1.29 is 13.2 Å². The first-order valence-corrected chi connectivity index (χ1v) is 11.3. The van der Waals surface area contributed by atoms with Crippen molar-refractivity contribution in [3.8, 4) is 5.75 Å². The lowest BCUT2D eigenvalue weighted by Gasteiger charge is -2.26. The Bertz CT molecular complexity index is 919. The van der Waals surface area contributed by atoms with Gasteiger partial charge in [-0.25, -0.2) is 13.1 Å². The van der Waals surface area contributed by atoms with Crippen LogP contribution in [0.15, 0.2) is 41.3 Å². The summed E-state index contributed by atoms with van der Waals surface area (Å²) in [6.07, 6.45) is 3.85. The van der Waals surface area contributed by atoms with Gasteiger partial charge in [0.2, 0.25) is 10.0 Å². The van der Waals surface area contributed by atoms with Gasteiger partial charge in [-0.3, -0.25) is 4.90 Å². The van der Waals surface area contributed by atoms with Crippen molar-refractivity contribution in [2.75, 3.05) is 20.2 Å². The fraction of sp³-hybridized carbons (Fsp3) is 0.455. The molecule has 0 unspecified atom stereocenters. The summed E-state index contributed by atoms with van der Waals surface area (Å²) in [6.45, 7) is 7.18. The predicted molar refractivity (Wildman–Crippen MR) is 112 cm³/mol. The molecule has 1 saturated heterocycles. The first-order valence-electron chi connectivity index (χ1n) is 9.85. The highest BCUT2D eigenvalue weighted by atomic mass is 32.2. The van der Waals surface area contributed by atoms with Crippen LogP contribution in [0.4, 0.5) is 0 Å². The molecule has 1 aliphatic rings. The minimum Gasteiger partial charge on any atom is -0.496 e. The molecular formula is C22H30N2O3S. The van der Waals surface area contributed by atoms with Gasteiger partial charge in [0, 0.05) is 13.1 Å². The number of sulfonamides is 1. The predicted octanol–water partition coefficient (Wildman–Crippen LogP) is 3.78. The van der Waals surface area contributed by atoms with Crippen LogP contribution in [0.5, 0.6) is 5.75 Å². The number of likely N-dealkylation sites (tertiary alicyclic amines) is 1. The second-order valence-corrected chi connectivity index (χ2v) is 9.23. The molecule has 28 heavy (non-hydrogen) atoms. The molecular weight excluding hydrogens is 372 g/mol. The van der Waals surface area contributed by atoms with E-state index in [1.165, 1.54) is 24.8 Å². The molecule has 0 bridgehead atoms. The molecule has 0 radical (unpaired) electrons. The van der Waals surface area contributed by atoms with Crippen molar-refractivity contribution in [3.05, 3.63) is 58.7 Å². The van der Waals surface area contributed by atoms with E-state index in [0.717, 1.165) is 30.8 Å². The molecule has 0 spiro atoms. The minimum atomic E-state index is -3.59. The SMILES string of the molecule is COc1ccc(S(=O)(=O)NCc2cccc(CN3CCCCC3)c2)c(C)c1C. The molecule has 0 aromatic heterocycles. The maximum atomic E-state index is 12.8. The quantitative estimate of drug-likeness (QED) is 0.766. The van der Waals surface area contributed by atoms with Gasteiger partial charge >= 0.3 is 0 Å². The van der Waals surface area contributed by atoms with Crippen molar-refractivity contribution in [2.24, 2.45) is 0 Å². The van der Waals surface area contributed by atoms with Crippen molar-refractivity contribution in [2.45, 2.75) is 51.1 Å². The number of benzene rings is 2. The molecule has 1 fully saturated rings. The zero-order valence-corrected chi connectivity index (χ0v) is 17.8. The zero-order chi connectivity index (χ0) is 20.1. The highest BCUT2D eigenvalue weighted by Crippen LogP contribution is 2.26. The van der Waals surface area contributed by atoms with Crippen LogP contribution in [0.3, 0.4) is 0 Å². The van der Waals surface area contributed by atoms with Gasteiger partial charge in [0.15, 0.2) is 0 Å². The van der Waals surface area contributed by atoms with E-state index in [9.17, 15) is 8.42 Å². The lowest BCUT2D eigenvalue weighted by molar-refractivity contribution is 0.221. The first-order chi connectivity index (χ1) is 13.4. The summed E-state index contributed by atoms with van der Waals surface area (Å²) in [5.41, 5.74) is 3.76. The summed E-state index contributed by atoms with van der Waals surface area (Å²) in [5.74, 6) is 0.696. The Hall–Kier alpha value is -1.89. The molecule has 3 rings (SSSR count). The van der Waals surface area contributed by atoms with Crippen LogP contribution in [0.25, 0.3) is 0 Å². The molecule has 6 heteroatoms. The van der Waals surface area contributed by atoms with E-state index in [4.69, 9.17) is 4.74 Å². The average molecular weight is 403 g/mol. The largest absolute Gasteiger partial charge is 0.496 e. The monoisotopic (exact) mass is 402 g/mol. The van der Waals surface area contributed by atoms with Crippen LogP contribution < -0.4 is 9.46 Å². The molecule has 1 N–H and O–H groups in total. The van der Waals surface area contributed by atoms with Gasteiger partial charge < -0.3 is 4.74 Å². The standard InChI is InChI=1S/C22H30N2O3S/c1-17-18(2)22(11-10-21(17)27-3)28(25,26)23-15-19-8-7-9-20(14-19)16-24-12-5-4-6-13-24/h7-11,14,23H,4-6,12-13,15-16H2,1-3H3. The molecule has 0 amide bonds. The van der Waals surface area contributed by atoms with Crippen molar-refractivity contribution >= 4 is 10.0 Å². The number of hydrogen-bond acceptors (Lipinski definition) is 4. The van der Waals surface area contributed by atoms with Crippen LogP contribution in [-0.2, 0) is 23.1 Å². The summed E-state index contributed by atoms with van der Waals surface area (Å²) >= 11 is 0. The third-order valence-corrected chi connectivity index (χ3v) is 7.06. The lowest BCUT2D eigenvalue weighted by Crippen LogP contribution is -2.29. The summed E-state index contributed by atoms with van der Waals surface area (Å²) in [5, 5.41) is 0. The molecule has 5 nitrogen and oxygen atoms in total. The Balaban J connectivity index is 1.69. The van der Waals surface area contributed by atoms with Gasteiger partial charge in [0.1, 0.15) is 5.75 Å². The first kappa shape index (κ1) is 20.8. The van der Waals surface area contributed by atoms with Gasteiger partial charge in [-0.15, -0.1) is 0 Å². The van der Waals surface area contributed by atoms with E-state index >= 15 is 0 Å². The number of ether oxygens (including phenoxy) is 1. The lowest BCUT2D eigenvalue weighted by atomic mass is 10.1. The summed E-state index contributed by atoms with van der Waals surface area (Å²) in [6, 6.07) is 11.5. The summed E-state index contributed by atoms with van der Waals surface area (Å²) < 4.78 is 33.7. The smallest absolute Gasteiger partial charge is 0.241 e. The van der Waals surface area contributed by atoms with Gasteiger partial charge in [-0.1, -0.05) is 30.7 Å². The molecule has 1 aliphatic heterocycles. The maximum absolute atomic E-state index is 12.8. The highest BCUT2D eigenvalue weighted by Gasteiger charge is 2.19. The third kappa shape index (κ3) is 4.93. The molecule has 0 atom stereocenters. The van der Waals surface area contributed by atoms with Crippen molar-refractivity contribution in [3.63, 3.8) is 0 Å². The summed E-state index contributed by atoms with van der Waals surface area (Å²) in [4.78, 5) is 2.77. The second-order valence-electron chi connectivity index (χ2n) is 7.50. The van der Waals surface area contributed by atoms with E-state index in [0.29, 0.717) is 16.2 Å². The number of nitrogens with zero attached hydrogens (tertiary/aromatic N) is 1. The molecule has 0 saturated carbocycles. The third-order valence-electron chi connectivity index (χ3n) is 5.51. The molecule has 152 valence electrons. The number of methoxy groups -OCH3 is 1. The van der Waals surface area contributed by atoms with E-state index in [1.54, 1.807) is 19.2 Å². The topological polar surface area (TPSA) is 58.6 Å². The highest BCUT2D eigenvalue weighted by molar-refractivity contribution is 7.89. The fourth-order valence-corrected chi connectivity index (χ4v) is 5.07. The Labute approximate surface area is 168 Å². The number of rotatable bonds is 7. The minimum absolute atomic E-state index is 0.278. The van der Waals surface area contributed by atoms with Crippen molar-refractivity contribution in [1.82, 2.24) is 9.62 Å². The average Bonchev–Trinajstić information content (AvgIpc) is 2.69. The number of piperidine rings is 1. The van der Waals surface area contributed by atoms with Crippen LogP contribution in [0.1, 0.15) is 41.5 Å². The van der Waals surface area contributed by atoms with Crippen LogP contribution in [0.2, 0.25) is 0 Å². The summed E-state index contributed by atoms with van der Waals surface area (Å²) in [7, 11) is -2.00. The van der Waals surface area contributed by atoms with Crippen LogP contribution >= 0.6 is 0 Å². The van der Waals surface area contributed by atoms with E-state index < -0.39 is 10.0 Å². The number of nitrogens with one attached hydrogen (secondary N) is 1. The van der Waals surface area contributed by atoms with Gasteiger partial charge in [0.05, 0.1) is 12.0 Å². The second kappa shape index (κ2) is 9.07. The molecule has 0 aliphatic carbocycles. The van der Waals surface area contributed by atoms with Gasteiger partial charge in [-0.05, 0) is 74.2 Å². The Morgan fingerprint density at radius 1 is 1.00 bits per heavy atom. The van der Waals surface area contributed by atoms with Gasteiger partial charge in [0.25, 0.3) is 0 Å². The van der Waals surface area contributed by atoms with E-state index in [2.05, 4.69) is 21.8 Å². The van der Waals surface area contributed by atoms with E-state index in [1.807, 2.05) is 26.0 Å². The van der Waals surface area contributed by atoms with Crippen molar-refractivity contribution in [1.29, 1.82) is 0 Å². The Morgan fingerprint density at radius 3 is 2.43 bits per heavy atom. The van der Waals surface area contributed by atoms with E-state index in [-0.39, 0.29) is 6.54 Å². The molecule has 1 heterocycles. The molecule has 2 aromatic rings. The van der Waals surface area contributed by atoms with Gasteiger partial charge in [-0.2, -0.15) is 0 Å². The number of hydrogen-bond donors (Lipinski definition) is 1. The zero-order valence-electron chi connectivity index (χ0n) is 17.0. The fourth-order valence-electron chi connectivity index (χ4n) is 3.75. The molecule has 2 aromatic carbocycles. The van der Waals surface area contributed by atoms with Crippen LogP contribution in [-0.4, -0.2) is 33.5 Å². The normalized spacial score (nSPS) is 15.5. The van der Waals surface area contributed by atoms with Crippen LogP contribution in [0, 0.1) is 13.8 Å². The Kier molecular flexibility index (Phi) is 6.75.